The van der Waals surface area contributed by atoms with Gasteiger partial charge in [-0.1, -0.05) is 6.92 Å². The summed E-state index contributed by atoms with van der Waals surface area (Å²) in [5, 5.41) is 9.48. The van der Waals surface area contributed by atoms with Crippen molar-refractivity contribution >= 4 is 5.97 Å². The van der Waals surface area contributed by atoms with Crippen LogP contribution in [0.25, 0.3) is 0 Å². The third-order valence-corrected chi connectivity index (χ3v) is 1.53. The predicted molar refractivity (Wildman–Crippen MR) is 46.8 cm³/mol. The normalized spacial score (nSPS) is 16.8. The van der Waals surface area contributed by atoms with Gasteiger partial charge in [-0.2, -0.15) is 0 Å². The summed E-state index contributed by atoms with van der Waals surface area (Å²) < 4.78 is 5.00. The highest BCUT2D eigenvalue weighted by Crippen LogP contribution is 2.16. The molecule has 0 rings (SSSR count). The molecule has 0 aromatic rings. The van der Waals surface area contributed by atoms with E-state index < -0.39 is 17.2 Å². The second-order valence-corrected chi connectivity index (χ2v) is 4.13. The first-order chi connectivity index (χ1) is 5.19. The van der Waals surface area contributed by atoms with Crippen molar-refractivity contribution < 1.29 is 14.6 Å². The van der Waals surface area contributed by atoms with Crippen LogP contribution < -0.4 is 0 Å². The Labute approximate surface area is 73.7 Å². The van der Waals surface area contributed by atoms with E-state index in [1.165, 1.54) is 6.92 Å². The Kier molecular flexibility index (Phi) is 3.27. The van der Waals surface area contributed by atoms with E-state index in [1.54, 1.807) is 27.7 Å². The number of rotatable bonds is 2. The van der Waals surface area contributed by atoms with E-state index in [0.29, 0.717) is 6.42 Å². The van der Waals surface area contributed by atoms with Crippen molar-refractivity contribution in [1.29, 1.82) is 0 Å². The molecule has 0 fully saturated rings. The van der Waals surface area contributed by atoms with Crippen molar-refractivity contribution in [1.82, 2.24) is 0 Å². The Balaban J connectivity index is 4.23. The van der Waals surface area contributed by atoms with E-state index >= 15 is 0 Å². The van der Waals surface area contributed by atoms with Crippen molar-refractivity contribution in [3.05, 3.63) is 0 Å². The summed E-state index contributed by atoms with van der Waals surface area (Å²) in [4.78, 5) is 11.2. The molecular weight excluding hydrogens is 156 g/mol. The monoisotopic (exact) mass is 174 g/mol. The Bertz CT molecular complexity index is 165. The van der Waals surface area contributed by atoms with Crippen molar-refractivity contribution in [3.8, 4) is 0 Å². The lowest BCUT2D eigenvalue weighted by molar-refractivity contribution is -0.175. The standard InChI is InChI=1S/C9H18O3/c1-6-9(5,11)7(10)12-8(2,3)4/h11H,6H2,1-5H3/t9-/m0/s1. The minimum absolute atomic E-state index is 0.363. The molecule has 0 radical (unpaired) electrons. The minimum Gasteiger partial charge on any atom is -0.458 e. The molecule has 0 saturated heterocycles. The highest BCUT2D eigenvalue weighted by atomic mass is 16.6. The Hall–Kier alpha value is -0.570. The highest BCUT2D eigenvalue weighted by Gasteiger charge is 2.32. The van der Waals surface area contributed by atoms with Crippen molar-refractivity contribution in [2.75, 3.05) is 0 Å². The molecule has 0 amide bonds. The number of esters is 1. The summed E-state index contributed by atoms with van der Waals surface area (Å²) in [6.45, 7) is 8.52. The fourth-order valence-corrected chi connectivity index (χ4v) is 0.532. The Morgan fingerprint density at radius 1 is 1.33 bits per heavy atom. The van der Waals surface area contributed by atoms with Gasteiger partial charge < -0.3 is 9.84 Å². The molecule has 0 unspecified atom stereocenters. The molecule has 0 aromatic carbocycles. The first kappa shape index (κ1) is 11.4. The van der Waals surface area contributed by atoms with Crippen LogP contribution in [0, 0.1) is 0 Å². The van der Waals surface area contributed by atoms with Gasteiger partial charge in [0.05, 0.1) is 0 Å². The van der Waals surface area contributed by atoms with Crippen LogP contribution in [0.15, 0.2) is 0 Å². The van der Waals surface area contributed by atoms with Crippen molar-refractivity contribution in [2.24, 2.45) is 0 Å². The molecule has 0 saturated carbocycles. The Morgan fingerprint density at radius 3 is 2.00 bits per heavy atom. The molecule has 1 N–H and O–H groups in total. The third-order valence-electron chi connectivity index (χ3n) is 1.53. The molecule has 0 aromatic heterocycles. The number of aliphatic hydroxyl groups is 1. The predicted octanol–water partition coefficient (Wildman–Crippen LogP) is 1.49. The molecule has 0 spiro atoms. The zero-order chi connectivity index (χ0) is 9.99. The summed E-state index contributed by atoms with van der Waals surface area (Å²) in [5.41, 5.74) is -1.89. The van der Waals surface area contributed by atoms with E-state index in [2.05, 4.69) is 0 Å². The van der Waals surface area contributed by atoms with Crippen molar-refractivity contribution in [2.45, 2.75) is 52.2 Å². The van der Waals surface area contributed by atoms with Crippen LogP contribution in [0.2, 0.25) is 0 Å². The van der Waals surface area contributed by atoms with Crippen LogP contribution in [0.3, 0.4) is 0 Å². The smallest absolute Gasteiger partial charge is 0.338 e. The topological polar surface area (TPSA) is 46.5 Å². The fraction of sp³-hybridized carbons (Fsp3) is 0.889. The number of hydrogen-bond donors (Lipinski definition) is 1. The molecule has 1 atom stereocenters. The summed E-state index contributed by atoms with van der Waals surface area (Å²) >= 11 is 0. The third kappa shape index (κ3) is 3.72. The van der Waals surface area contributed by atoms with Gasteiger partial charge >= 0.3 is 5.97 Å². The molecule has 0 bridgehead atoms. The van der Waals surface area contributed by atoms with Gasteiger partial charge in [0.1, 0.15) is 5.60 Å². The number of ether oxygens (including phenoxy) is 1. The van der Waals surface area contributed by atoms with E-state index in [4.69, 9.17) is 4.74 Å². The van der Waals surface area contributed by atoms with Gasteiger partial charge in [0, 0.05) is 0 Å². The largest absolute Gasteiger partial charge is 0.458 e. The molecule has 72 valence electrons. The van der Waals surface area contributed by atoms with Crippen LogP contribution in [-0.4, -0.2) is 22.3 Å². The van der Waals surface area contributed by atoms with Gasteiger partial charge in [0.25, 0.3) is 0 Å². The van der Waals surface area contributed by atoms with Gasteiger partial charge in [-0.3, -0.25) is 0 Å². The average Bonchev–Trinajstić information content (AvgIpc) is 1.84. The van der Waals surface area contributed by atoms with Crippen molar-refractivity contribution in [3.63, 3.8) is 0 Å². The quantitative estimate of drug-likeness (QED) is 0.645. The minimum atomic E-state index is -1.35. The molecule has 0 aliphatic rings. The van der Waals surface area contributed by atoms with E-state index in [9.17, 15) is 9.90 Å². The van der Waals surface area contributed by atoms with Crippen LogP contribution >= 0.6 is 0 Å². The van der Waals surface area contributed by atoms with Gasteiger partial charge in [-0.05, 0) is 34.1 Å². The van der Waals surface area contributed by atoms with Gasteiger partial charge in [0.15, 0.2) is 5.60 Å². The highest BCUT2D eigenvalue weighted by molar-refractivity contribution is 5.78. The summed E-state index contributed by atoms with van der Waals surface area (Å²) in [6.07, 6.45) is 0.363. The SMILES string of the molecule is CC[C@](C)(O)C(=O)OC(C)(C)C. The van der Waals surface area contributed by atoms with Gasteiger partial charge in [0.2, 0.25) is 0 Å². The van der Waals surface area contributed by atoms with Crippen LogP contribution in [0.5, 0.6) is 0 Å². The second kappa shape index (κ2) is 3.44. The lowest BCUT2D eigenvalue weighted by Gasteiger charge is -2.26. The van der Waals surface area contributed by atoms with E-state index in [-0.39, 0.29) is 0 Å². The zero-order valence-corrected chi connectivity index (χ0v) is 8.47. The fourth-order valence-electron chi connectivity index (χ4n) is 0.532. The van der Waals surface area contributed by atoms with Crippen LogP contribution in [0.1, 0.15) is 41.0 Å². The lowest BCUT2D eigenvalue weighted by atomic mass is 10.0. The molecule has 0 heterocycles. The van der Waals surface area contributed by atoms with E-state index in [0.717, 1.165) is 0 Å². The average molecular weight is 174 g/mol. The Morgan fingerprint density at radius 2 is 1.75 bits per heavy atom. The van der Waals surface area contributed by atoms with E-state index in [1.807, 2.05) is 0 Å². The van der Waals surface area contributed by atoms with Gasteiger partial charge in [-0.15, -0.1) is 0 Å². The molecule has 3 heteroatoms. The maximum Gasteiger partial charge on any atom is 0.338 e. The molecule has 3 nitrogen and oxygen atoms in total. The summed E-state index contributed by atoms with van der Waals surface area (Å²) in [5.74, 6) is -0.558. The molecule has 0 aliphatic carbocycles. The van der Waals surface area contributed by atoms with Crippen LogP contribution in [0.4, 0.5) is 0 Å². The maximum absolute atomic E-state index is 11.2. The first-order valence-electron chi connectivity index (χ1n) is 4.15. The summed E-state index contributed by atoms with van der Waals surface area (Å²) in [6, 6.07) is 0. The zero-order valence-electron chi connectivity index (χ0n) is 8.47. The summed E-state index contributed by atoms with van der Waals surface area (Å²) in [7, 11) is 0. The molecular formula is C9H18O3. The lowest BCUT2D eigenvalue weighted by Crippen LogP contribution is -2.40. The van der Waals surface area contributed by atoms with Crippen LogP contribution in [-0.2, 0) is 9.53 Å². The van der Waals surface area contributed by atoms with Gasteiger partial charge in [-0.25, -0.2) is 4.79 Å². The molecule has 0 aliphatic heterocycles. The second-order valence-electron chi connectivity index (χ2n) is 4.13. The number of hydrogen-bond acceptors (Lipinski definition) is 3. The first-order valence-corrected chi connectivity index (χ1v) is 4.15. The number of carbonyl (C=O) groups is 1. The number of carbonyl (C=O) groups excluding carboxylic acids is 1. The molecule has 12 heavy (non-hydrogen) atoms. The maximum atomic E-state index is 11.2.